The molecule has 0 saturated heterocycles. The van der Waals surface area contributed by atoms with Crippen LogP contribution in [0.5, 0.6) is 0 Å². The standard InChI is InChI=1S/C16H14FN3O2S/c1-2-22-16(21)11-7-18-20(8-11)9-15-19-14(10-23-15)12-5-3-4-6-13(12)17/h3-8,10H,2,9H2,1H3. The van der Waals surface area contributed by atoms with Gasteiger partial charge in [0.1, 0.15) is 10.8 Å². The molecule has 3 rings (SSSR count). The second kappa shape index (κ2) is 6.70. The van der Waals surface area contributed by atoms with E-state index in [0.29, 0.717) is 30.0 Å². The summed E-state index contributed by atoms with van der Waals surface area (Å²) in [5.74, 6) is -0.696. The minimum atomic E-state index is -0.398. The van der Waals surface area contributed by atoms with Crippen LogP contribution in [0.2, 0.25) is 0 Å². The molecular formula is C16H14FN3O2S. The summed E-state index contributed by atoms with van der Waals surface area (Å²) >= 11 is 1.42. The van der Waals surface area contributed by atoms with Crippen LogP contribution >= 0.6 is 11.3 Å². The summed E-state index contributed by atoms with van der Waals surface area (Å²) in [7, 11) is 0. The van der Waals surface area contributed by atoms with E-state index in [1.54, 1.807) is 36.0 Å². The maximum absolute atomic E-state index is 13.8. The summed E-state index contributed by atoms with van der Waals surface area (Å²) in [6.07, 6.45) is 3.07. The molecule has 0 bridgehead atoms. The van der Waals surface area contributed by atoms with Gasteiger partial charge in [-0.2, -0.15) is 5.10 Å². The normalized spacial score (nSPS) is 10.7. The molecule has 0 atom stereocenters. The summed E-state index contributed by atoms with van der Waals surface area (Å²) in [6, 6.07) is 6.53. The summed E-state index contributed by atoms with van der Waals surface area (Å²) in [4.78, 5) is 16.0. The first-order chi connectivity index (χ1) is 11.2. The van der Waals surface area contributed by atoms with Gasteiger partial charge in [-0.3, -0.25) is 4.68 Å². The second-order valence-corrected chi connectivity index (χ2v) is 5.70. The van der Waals surface area contributed by atoms with Crippen LogP contribution in [-0.4, -0.2) is 27.3 Å². The molecule has 0 aliphatic heterocycles. The highest BCUT2D eigenvalue weighted by Gasteiger charge is 2.12. The van der Waals surface area contributed by atoms with Gasteiger partial charge >= 0.3 is 5.97 Å². The number of hydrogen-bond donors (Lipinski definition) is 0. The molecule has 0 aliphatic rings. The molecule has 118 valence electrons. The zero-order chi connectivity index (χ0) is 16.2. The molecule has 5 nitrogen and oxygen atoms in total. The van der Waals surface area contributed by atoms with Crippen molar-refractivity contribution in [2.24, 2.45) is 0 Å². The van der Waals surface area contributed by atoms with Gasteiger partial charge in [-0.25, -0.2) is 14.2 Å². The molecule has 3 aromatic rings. The van der Waals surface area contributed by atoms with E-state index < -0.39 is 5.97 Å². The van der Waals surface area contributed by atoms with E-state index >= 15 is 0 Å². The number of benzene rings is 1. The number of aromatic nitrogens is 3. The van der Waals surface area contributed by atoms with E-state index in [0.717, 1.165) is 5.01 Å². The molecule has 23 heavy (non-hydrogen) atoms. The molecule has 0 saturated carbocycles. The van der Waals surface area contributed by atoms with Crippen LogP contribution in [0.4, 0.5) is 4.39 Å². The minimum Gasteiger partial charge on any atom is -0.462 e. The second-order valence-electron chi connectivity index (χ2n) is 4.75. The van der Waals surface area contributed by atoms with Crippen molar-refractivity contribution in [1.29, 1.82) is 0 Å². The Kier molecular flexibility index (Phi) is 4.47. The smallest absolute Gasteiger partial charge is 0.341 e. The highest BCUT2D eigenvalue weighted by Crippen LogP contribution is 2.24. The maximum Gasteiger partial charge on any atom is 0.341 e. The third kappa shape index (κ3) is 3.45. The molecule has 2 aromatic heterocycles. The Labute approximate surface area is 136 Å². The zero-order valence-electron chi connectivity index (χ0n) is 12.4. The predicted octanol–water partition coefficient (Wildman–Crippen LogP) is 3.37. The van der Waals surface area contributed by atoms with Gasteiger partial charge in [0.25, 0.3) is 0 Å². The van der Waals surface area contributed by atoms with Gasteiger partial charge in [-0.05, 0) is 19.1 Å². The molecule has 0 amide bonds. The van der Waals surface area contributed by atoms with Gasteiger partial charge in [0.05, 0.1) is 30.6 Å². The van der Waals surface area contributed by atoms with Crippen molar-refractivity contribution in [3.63, 3.8) is 0 Å². The highest BCUT2D eigenvalue weighted by molar-refractivity contribution is 7.09. The fourth-order valence-electron chi connectivity index (χ4n) is 2.08. The van der Waals surface area contributed by atoms with Crippen molar-refractivity contribution in [2.75, 3.05) is 6.61 Å². The summed E-state index contributed by atoms with van der Waals surface area (Å²) in [5, 5.41) is 6.71. The lowest BCUT2D eigenvalue weighted by molar-refractivity contribution is 0.0526. The number of nitrogens with zero attached hydrogens (tertiary/aromatic N) is 3. The van der Waals surface area contributed by atoms with Crippen molar-refractivity contribution in [3.05, 3.63) is 58.4 Å². The zero-order valence-corrected chi connectivity index (χ0v) is 13.2. The van der Waals surface area contributed by atoms with Crippen LogP contribution in [0.15, 0.2) is 42.0 Å². The van der Waals surface area contributed by atoms with Crippen LogP contribution in [0.3, 0.4) is 0 Å². The Morgan fingerprint density at radius 3 is 3.00 bits per heavy atom. The predicted molar refractivity (Wildman–Crippen MR) is 84.8 cm³/mol. The van der Waals surface area contributed by atoms with Crippen LogP contribution in [0, 0.1) is 5.82 Å². The van der Waals surface area contributed by atoms with Crippen molar-refractivity contribution in [2.45, 2.75) is 13.5 Å². The number of halogens is 1. The number of ether oxygens (including phenoxy) is 1. The van der Waals surface area contributed by atoms with E-state index in [2.05, 4.69) is 10.1 Å². The summed E-state index contributed by atoms with van der Waals surface area (Å²) < 4.78 is 20.3. The van der Waals surface area contributed by atoms with Gasteiger partial charge in [-0.1, -0.05) is 12.1 Å². The third-order valence-electron chi connectivity index (χ3n) is 3.14. The van der Waals surface area contributed by atoms with Gasteiger partial charge in [-0.15, -0.1) is 11.3 Å². The first-order valence-electron chi connectivity index (χ1n) is 7.06. The van der Waals surface area contributed by atoms with Crippen molar-refractivity contribution < 1.29 is 13.9 Å². The van der Waals surface area contributed by atoms with E-state index in [1.165, 1.54) is 23.6 Å². The monoisotopic (exact) mass is 331 g/mol. The highest BCUT2D eigenvalue weighted by atomic mass is 32.1. The van der Waals surface area contributed by atoms with Gasteiger partial charge in [0.15, 0.2) is 0 Å². The van der Waals surface area contributed by atoms with E-state index in [1.807, 2.05) is 5.38 Å². The summed E-state index contributed by atoms with van der Waals surface area (Å²) in [5.41, 5.74) is 1.47. The average Bonchev–Trinajstić information content (AvgIpc) is 3.18. The molecule has 2 heterocycles. The molecular weight excluding hydrogens is 317 g/mol. The molecule has 0 aliphatic carbocycles. The fraction of sp³-hybridized carbons (Fsp3) is 0.188. The van der Waals surface area contributed by atoms with Crippen molar-refractivity contribution in [3.8, 4) is 11.3 Å². The Morgan fingerprint density at radius 2 is 2.22 bits per heavy atom. The quantitative estimate of drug-likeness (QED) is 0.673. The van der Waals surface area contributed by atoms with Crippen LogP contribution in [-0.2, 0) is 11.3 Å². The number of rotatable bonds is 5. The average molecular weight is 331 g/mol. The van der Waals surface area contributed by atoms with Gasteiger partial charge < -0.3 is 4.74 Å². The molecule has 0 unspecified atom stereocenters. The number of carbonyl (C=O) groups is 1. The van der Waals surface area contributed by atoms with Crippen LogP contribution in [0.25, 0.3) is 11.3 Å². The topological polar surface area (TPSA) is 57.0 Å². The van der Waals surface area contributed by atoms with E-state index in [-0.39, 0.29) is 5.82 Å². The fourth-order valence-corrected chi connectivity index (χ4v) is 2.87. The first kappa shape index (κ1) is 15.4. The van der Waals surface area contributed by atoms with Gasteiger partial charge in [0, 0.05) is 17.1 Å². The van der Waals surface area contributed by atoms with Gasteiger partial charge in [0.2, 0.25) is 0 Å². The number of carbonyl (C=O) groups excluding carboxylic acids is 1. The van der Waals surface area contributed by atoms with Crippen LogP contribution < -0.4 is 0 Å². The molecule has 0 N–H and O–H groups in total. The lowest BCUT2D eigenvalue weighted by atomic mass is 10.2. The molecule has 0 spiro atoms. The Bertz CT molecular complexity index is 828. The first-order valence-corrected chi connectivity index (χ1v) is 7.94. The Morgan fingerprint density at radius 1 is 1.39 bits per heavy atom. The minimum absolute atomic E-state index is 0.298. The number of thiazole rings is 1. The lowest BCUT2D eigenvalue weighted by Crippen LogP contribution is -2.04. The molecule has 7 heteroatoms. The van der Waals surface area contributed by atoms with Crippen LogP contribution in [0.1, 0.15) is 22.3 Å². The van der Waals surface area contributed by atoms with E-state index in [4.69, 9.17) is 4.74 Å². The molecule has 0 fully saturated rings. The van der Waals surface area contributed by atoms with E-state index in [9.17, 15) is 9.18 Å². The summed E-state index contributed by atoms with van der Waals surface area (Å²) in [6.45, 7) is 2.49. The Balaban J connectivity index is 1.75. The number of esters is 1. The molecule has 0 radical (unpaired) electrons. The third-order valence-corrected chi connectivity index (χ3v) is 3.98. The molecule has 1 aromatic carbocycles. The Hall–Kier alpha value is -2.54. The van der Waals surface area contributed by atoms with Crippen molar-refractivity contribution in [1.82, 2.24) is 14.8 Å². The maximum atomic E-state index is 13.8. The largest absolute Gasteiger partial charge is 0.462 e. The lowest BCUT2D eigenvalue weighted by Gasteiger charge is -1.99. The SMILES string of the molecule is CCOC(=O)c1cnn(Cc2nc(-c3ccccc3F)cs2)c1. The number of hydrogen-bond acceptors (Lipinski definition) is 5. The van der Waals surface area contributed by atoms with Crippen molar-refractivity contribution >= 4 is 17.3 Å².